The Hall–Kier alpha value is -0.570. The minimum absolute atomic E-state index is 0.0283. The van der Waals surface area contributed by atoms with E-state index in [9.17, 15) is 4.79 Å². The van der Waals surface area contributed by atoms with Crippen LogP contribution in [0.15, 0.2) is 0 Å². The number of hydrogen-bond acceptors (Lipinski definition) is 2. The van der Waals surface area contributed by atoms with Gasteiger partial charge in [0.1, 0.15) is 0 Å². The van der Waals surface area contributed by atoms with Crippen molar-refractivity contribution in [2.75, 3.05) is 0 Å². The molecule has 18 heavy (non-hydrogen) atoms. The van der Waals surface area contributed by atoms with Crippen molar-refractivity contribution in [3.05, 3.63) is 0 Å². The summed E-state index contributed by atoms with van der Waals surface area (Å²) in [6, 6.07) is 0.328. The molecule has 3 N–H and O–H groups in total. The van der Waals surface area contributed by atoms with E-state index < -0.39 is 0 Å². The Morgan fingerprint density at radius 2 is 2.06 bits per heavy atom. The number of amides is 1. The van der Waals surface area contributed by atoms with Crippen molar-refractivity contribution in [2.24, 2.45) is 16.6 Å². The molecule has 106 valence electrons. The first kappa shape index (κ1) is 15.5. The van der Waals surface area contributed by atoms with Crippen LogP contribution in [0.2, 0.25) is 0 Å². The molecular weight excluding hydrogens is 224 g/mol. The number of carbonyl (C=O) groups is 1. The fourth-order valence-corrected chi connectivity index (χ4v) is 2.94. The first-order chi connectivity index (χ1) is 8.07. The van der Waals surface area contributed by atoms with E-state index in [1.807, 2.05) is 0 Å². The van der Waals surface area contributed by atoms with Crippen LogP contribution in [0.25, 0.3) is 0 Å². The molecule has 3 nitrogen and oxygen atoms in total. The van der Waals surface area contributed by atoms with Crippen molar-refractivity contribution in [1.29, 1.82) is 0 Å². The van der Waals surface area contributed by atoms with Gasteiger partial charge < -0.3 is 11.1 Å². The summed E-state index contributed by atoms with van der Waals surface area (Å²) in [4.78, 5) is 11.9. The summed E-state index contributed by atoms with van der Waals surface area (Å²) in [5.74, 6) is 0.120. The summed E-state index contributed by atoms with van der Waals surface area (Å²) in [6.45, 7) is 11.0. The van der Waals surface area contributed by atoms with E-state index >= 15 is 0 Å². The molecule has 1 aliphatic rings. The van der Waals surface area contributed by atoms with Gasteiger partial charge in [-0.25, -0.2) is 0 Å². The molecule has 0 aromatic rings. The third-order valence-electron chi connectivity index (χ3n) is 3.66. The molecule has 0 radical (unpaired) electrons. The third-order valence-corrected chi connectivity index (χ3v) is 3.66. The Morgan fingerprint density at radius 3 is 2.50 bits per heavy atom. The maximum absolute atomic E-state index is 11.9. The maximum atomic E-state index is 11.9. The smallest absolute Gasteiger partial charge is 0.221 e. The lowest BCUT2D eigenvalue weighted by molar-refractivity contribution is -0.122. The van der Waals surface area contributed by atoms with Crippen molar-refractivity contribution >= 4 is 5.91 Å². The molecule has 0 aromatic carbocycles. The van der Waals surface area contributed by atoms with Gasteiger partial charge in [-0.05, 0) is 36.5 Å². The Bertz CT molecular complexity index is 291. The average Bonchev–Trinajstić information content (AvgIpc) is 2.40. The van der Waals surface area contributed by atoms with E-state index in [0.717, 1.165) is 19.3 Å². The quantitative estimate of drug-likeness (QED) is 0.810. The molecule has 1 amide bonds. The van der Waals surface area contributed by atoms with Gasteiger partial charge in [0.05, 0.1) is 0 Å². The van der Waals surface area contributed by atoms with E-state index in [2.05, 4.69) is 39.9 Å². The average molecular weight is 254 g/mol. The summed E-state index contributed by atoms with van der Waals surface area (Å²) in [5, 5.41) is 3.13. The van der Waals surface area contributed by atoms with Crippen molar-refractivity contribution in [2.45, 2.75) is 78.8 Å². The van der Waals surface area contributed by atoms with Crippen LogP contribution in [0.1, 0.15) is 66.7 Å². The second-order valence-corrected chi connectivity index (χ2v) is 7.90. The standard InChI is InChI=1S/C15H30N2O/c1-14(2,3)9-11(16)8-13(18)17-12-6-7-15(4,5)10-12/h11-12H,6-10,16H2,1-5H3,(H,17,18). The van der Waals surface area contributed by atoms with Crippen molar-refractivity contribution < 1.29 is 4.79 Å². The molecule has 0 bridgehead atoms. The molecule has 0 heterocycles. The highest BCUT2D eigenvalue weighted by atomic mass is 16.1. The normalized spacial score (nSPS) is 24.9. The van der Waals surface area contributed by atoms with Crippen LogP contribution in [-0.2, 0) is 4.79 Å². The Labute approximate surface area is 112 Å². The topological polar surface area (TPSA) is 55.1 Å². The van der Waals surface area contributed by atoms with Crippen LogP contribution in [0.4, 0.5) is 0 Å². The number of nitrogens with one attached hydrogen (secondary N) is 1. The second kappa shape index (κ2) is 5.60. The van der Waals surface area contributed by atoms with Gasteiger partial charge in [-0.3, -0.25) is 4.79 Å². The zero-order valence-corrected chi connectivity index (χ0v) is 12.7. The summed E-state index contributed by atoms with van der Waals surface area (Å²) < 4.78 is 0. The zero-order valence-electron chi connectivity index (χ0n) is 12.7. The van der Waals surface area contributed by atoms with E-state index in [4.69, 9.17) is 5.73 Å². The first-order valence-electron chi connectivity index (χ1n) is 7.12. The van der Waals surface area contributed by atoms with E-state index in [0.29, 0.717) is 17.9 Å². The summed E-state index contributed by atoms with van der Waals surface area (Å²) in [6.07, 6.45) is 4.73. The van der Waals surface area contributed by atoms with Crippen molar-refractivity contribution in [1.82, 2.24) is 5.32 Å². The lowest BCUT2D eigenvalue weighted by Gasteiger charge is -2.23. The zero-order chi connectivity index (χ0) is 14.0. The van der Waals surface area contributed by atoms with Crippen LogP contribution >= 0.6 is 0 Å². The molecule has 1 fully saturated rings. The van der Waals surface area contributed by atoms with Crippen LogP contribution in [0.3, 0.4) is 0 Å². The molecule has 1 saturated carbocycles. The predicted octanol–water partition coefficient (Wildman–Crippen LogP) is 2.83. The molecule has 0 aromatic heterocycles. The highest BCUT2D eigenvalue weighted by molar-refractivity contribution is 5.76. The van der Waals surface area contributed by atoms with Crippen LogP contribution in [0, 0.1) is 10.8 Å². The van der Waals surface area contributed by atoms with Gasteiger partial charge in [-0.1, -0.05) is 34.6 Å². The number of nitrogens with two attached hydrogens (primary N) is 1. The van der Waals surface area contributed by atoms with E-state index in [1.165, 1.54) is 6.42 Å². The number of hydrogen-bond donors (Lipinski definition) is 2. The monoisotopic (exact) mass is 254 g/mol. The fraction of sp³-hybridized carbons (Fsp3) is 0.933. The number of carbonyl (C=O) groups excluding carboxylic acids is 1. The van der Waals surface area contributed by atoms with Gasteiger partial charge in [-0.2, -0.15) is 0 Å². The van der Waals surface area contributed by atoms with E-state index in [-0.39, 0.29) is 17.4 Å². The first-order valence-corrected chi connectivity index (χ1v) is 7.12. The van der Waals surface area contributed by atoms with Crippen LogP contribution < -0.4 is 11.1 Å². The summed E-state index contributed by atoms with van der Waals surface area (Å²) in [7, 11) is 0. The predicted molar refractivity (Wildman–Crippen MR) is 76.2 cm³/mol. The third kappa shape index (κ3) is 5.85. The lowest BCUT2D eigenvalue weighted by Crippen LogP contribution is -2.38. The Balaban J connectivity index is 2.30. The lowest BCUT2D eigenvalue weighted by atomic mass is 9.87. The molecule has 2 atom stereocenters. The van der Waals surface area contributed by atoms with Crippen LogP contribution in [0.5, 0.6) is 0 Å². The number of rotatable bonds is 4. The molecule has 0 saturated heterocycles. The Morgan fingerprint density at radius 1 is 1.44 bits per heavy atom. The molecule has 2 unspecified atom stereocenters. The SMILES string of the molecule is CC(C)(C)CC(N)CC(=O)NC1CCC(C)(C)C1. The maximum Gasteiger partial charge on any atom is 0.221 e. The fourth-order valence-electron chi connectivity index (χ4n) is 2.94. The second-order valence-electron chi connectivity index (χ2n) is 7.90. The van der Waals surface area contributed by atoms with Crippen molar-refractivity contribution in [3.8, 4) is 0 Å². The largest absolute Gasteiger partial charge is 0.353 e. The van der Waals surface area contributed by atoms with Gasteiger partial charge in [0.2, 0.25) is 5.91 Å². The molecule has 3 heteroatoms. The van der Waals surface area contributed by atoms with Gasteiger partial charge in [0.25, 0.3) is 0 Å². The molecule has 0 aliphatic heterocycles. The minimum Gasteiger partial charge on any atom is -0.353 e. The molecule has 1 aliphatic carbocycles. The minimum atomic E-state index is -0.0283. The molecular formula is C15H30N2O. The molecule has 1 rings (SSSR count). The van der Waals surface area contributed by atoms with Gasteiger partial charge in [-0.15, -0.1) is 0 Å². The Kier molecular flexibility index (Phi) is 4.82. The van der Waals surface area contributed by atoms with E-state index in [1.54, 1.807) is 0 Å². The highest BCUT2D eigenvalue weighted by Gasteiger charge is 2.31. The van der Waals surface area contributed by atoms with Gasteiger partial charge >= 0.3 is 0 Å². The summed E-state index contributed by atoms with van der Waals surface area (Å²) >= 11 is 0. The molecule has 0 spiro atoms. The van der Waals surface area contributed by atoms with Gasteiger partial charge in [0, 0.05) is 18.5 Å². The summed E-state index contributed by atoms with van der Waals surface area (Å²) in [5.41, 5.74) is 6.60. The van der Waals surface area contributed by atoms with Crippen LogP contribution in [-0.4, -0.2) is 18.0 Å². The van der Waals surface area contributed by atoms with Crippen molar-refractivity contribution in [3.63, 3.8) is 0 Å². The highest BCUT2D eigenvalue weighted by Crippen LogP contribution is 2.36. The van der Waals surface area contributed by atoms with Gasteiger partial charge in [0.15, 0.2) is 0 Å².